The zero-order valence-electron chi connectivity index (χ0n) is 24.6. The first-order valence-corrected chi connectivity index (χ1v) is 16.1. The number of hydrogen-bond acceptors (Lipinski definition) is 6. The highest BCUT2D eigenvalue weighted by Gasteiger charge is 2.31. The van der Waals surface area contributed by atoms with Crippen molar-refractivity contribution in [2.75, 3.05) is 13.2 Å². The molecule has 4 aromatic rings. The smallest absolute Gasteiger partial charge is 0.187 e. The van der Waals surface area contributed by atoms with E-state index in [0.717, 1.165) is 45.2 Å². The van der Waals surface area contributed by atoms with Gasteiger partial charge in [-0.05, 0) is 95.2 Å². The quantitative estimate of drug-likeness (QED) is 0.140. The first-order valence-electron chi connectivity index (χ1n) is 14.5. The van der Waals surface area contributed by atoms with E-state index in [1.165, 1.54) is 0 Å². The Morgan fingerprint density at radius 3 is 1.28 bits per heavy atom. The van der Waals surface area contributed by atoms with Crippen LogP contribution in [-0.2, 0) is 0 Å². The van der Waals surface area contributed by atoms with Gasteiger partial charge >= 0.3 is 0 Å². The van der Waals surface area contributed by atoms with E-state index < -0.39 is 0 Å². The average molecular weight is 690 g/mol. The Bertz CT molecular complexity index is 1650. The van der Waals surface area contributed by atoms with Crippen molar-refractivity contribution < 1.29 is 9.47 Å². The molecule has 0 fully saturated rings. The fourth-order valence-corrected chi connectivity index (χ4v) is 6.06. The van der Waals surface area contributed by atoms with Crippen molar-refractivity contribution in [3.63, 3.8) is 0 Å². The predicted molar refractivity (Wildman–Crippen MR) is 192 cm³/mol. The lowest BCUT2D eigenvalue weighted by atomic mass is 9.98. The van der Waals surface area contributed by atoms with Crippen molar-refractivity contribution in [2.45, 2.75) is 24.9 Å². The van der Waals surface area contributed by atoms with Crippen LogP contribution in [0.2, 0.25) is 10.0 Å². The Labute approximate surface area is 288 Å². The summed E-state index contributed by atoms with van der Waals surface area (Å²) in [6, 6.07) is 30.7. The molecule has 2 unspecified atom stereocenters. The molecule has 12 heteroatoms. The Balaban J connectivity index is 1.00. The second-order valence-electron chi connectivity index (χ2n) is 10.7. The minimum Gasteiger partial charge on any atom is -0.490 e. The normalized spacial score (nSPS) is 17.4. The van der Waals surface area contributed by atoms with Crippen LogP contribution in [0.25, 0.3) is 0 Å². The largest absolute Gasteiger partial charge is 0.490 e. The van der Waals surface area contributed by atoms with E-state index in [0.29, 0.717) is 36.1 Å². The van der Waals surface area contributed by atoms with E-state index in [2.05, 4.69) is 10.2 Å². The van der Waals surface area contributed by atoms with Gasteiger partial charge in [0, 0.05) is 22.9 Å². The van der Waals surface area contributed by atoms with Crippen LogP contribution < -0.4 is 20.9 Å². The maximum atomic E-state index is 6.05. The standard InChI is InChI=1S/C34H30Cl2N6O2S2/c35-25-9-1-21(2-10-25)29-19-31(41(39-29)33(37)45)23-5-13-27(14-6-23)43-17-18-44-28-15-7-24(8-16-28)32-20-30(40-42(32)34(38)46)22-3-11-26(36)12-4-22/h1-16,31-32H,17-20H2,(H2,37,45)(H2,38,46). The molecule has 0 radical (unpaired) electrons. The van der Waals surface area contributed by atoms with Crippen LogP contribution in [-0.4, -0.2) is 44.9 Å². The van der Waals surface area contributed by atoms with E-state index in [1.807, 2.05) is 97.1 Å². The number of hydrogen-bond donors (Lipinski definition) is 2. The maximum absolute atomic E-state index is 6.05. The Kier molecular flexibility index (Phi) is 9.70. The van der Waals surface area contributed by atoms with Gasteiger partial charge in [-0.3, -0.25) is 0 Å². The number of ether oxygens (including phenoxy) is 2. The molecule has 0 amide bonds. The third-order valence-electron chi connectivity index (χ3n) is 7.78. The van der Waals surface area contributed by atoms with Gasteiger partial charge < -0.3 is 20.9 Å². The van der Waals surface area contributed by atoms with Gasteiger partial charge in [-0.2, -0.15) is 10.2 Å². The summed E-state index contributed by atoms with van der Waals surface area (Å²) in [7, 11) is 0. The van der Waals surface area contributed by atoms with Gasteiger partial charge in [0.15, 0.2) is 10.2 Å². The van der Waals surface area contributed by atoms with Crippen molar-refractivity contribution in [3.8, 4) is 11.5 Å². The lowest BCUT2D eigenvalue weighted by molar-refractivity contribution is 0.217. The van der Waals surface area contributed by atoms with Crippen molar-refractivity contribution >= 4 is 69.3 Å². The number of thiocarbonyl (C=S) groups is 2. The molecule has 0 bridgehead atoms. The van der Waals surface area contributed by atoms with Gasteiger partial charge in [0.05, 0.1) is 23.5 Å². The van der Waals surface area contributed by atoms with Gasteiger partial charge in [0.2, 0.25) is 0 Å². The van der Waals surface area contributed by atoms with E-state index >= 15 is 0 Å². The van der Waals surface area contributed by atoms with E-state index in [1.54, 1.807) is 10.0 Å². The topological polar surface area (TPSA) is 102 Å². The first-order chi connectivity index (χ1) is 22.2. The Hall–Kier alpha value is -4.22. The van der Waals surface area contributed by atoms with Crippen molar-refractivity contribution in [1.82, 2.24) is 10.0 Å². The second-order valence-corrected chi connectivity index (χ2v) is 12.5. The lowest BCUT2D eigenvalue weighted by Crippen LogP contribution is -2.31. The number of rotatable bonds is 9. The number of hydrazone groups is 2. The van der Waals surface area contributed by atoms with Crippen molar-refractivity contribution in [1.29, 1.82) is 0 Å². The monoisotopic (exact) mass is 688 g/mol. The van der Waals surface area contributed by atoms with Crippen LogP contribution in [0.5, 0.6) is 11.5 Å². The lowest BCUT2D eigenvalue weighted by Gasteiger charge is -2.22. The van der Waals surface area contributed by atoms with Crippen LogP contribution in [0.15, 0.2) is 107 Å². The summed E-state index contributed by atoms with van der Waals surface area (Å²) in [4.78, 5) is 0. The molecule has 0 saturated carbocycles. The predicted octanol–water partition coefficient (Wildman–Crippen LogP) is 7.24. The van der Waals surface area contributed by atoms with E-state index in [4.69, 9.17) is 68.6 Å². The summed E-state index contributed by atoms with van der Waals surface area (Å²) < 4.78 is 11.9. The second kappa shape index (κ2) is 14.0. The summed E-state index contributed by atoms with van der Waals surface area (Å²) >= 11 is 22.7. The molecule has 4 N–H and O–H groups in total. The minimum atomic E-state index is -0.101. The molecule has 2 aliphatic heterocycles. The average Bonchev–Trinajstić information content (AvgIpc) is 3.71. The molecule has 2 heterocycles. The number of nitrogens with two attached hydrogens (primary N) is 2. The van der Waals surface area contributed by atoms with Crippen LogP contribution in [0.3, 0.4) is 0 Å². The van der Waals surface area contributed by atoms with Crippen molar-refractivity contribution in [2.24, 2.45) is 21.7 Å². The maximum Gasteiger partial charge on any atom is 0.187 e. The summed E-state index contributed by atoms with van der Waals surface area (Å²) in [5.74, 6) is 1.47. The zero-order chi connectivity index (χ0) is 32.2. The van der Waals surface area contributed by atoms with Crippen LogP contribution in [0.1, 0.15) is 47.2 Å². The molecule has 4 aromatic carbocycles. The SMILES string of the molecule is NC(=S)N1N=C(c2ccc(Cl)cc2)CC1c1ccc(OCCOc2ccc(C3CC(c4ccc(Cl)cc4)=NN3C(N)=S)cc2)cc1. The number of halogens is 2. The first kappa shape index (κ1) is 31.7. The fraction of sp³-hybridized carbons (Fsp3) is 0.176. The summed E-state index contributed by atoms with van der Waals surface area (Å²) in [6.45, 7) is 0.757. The molecule has 2 atom stereocenters. The molecule has 46 heavy (non-hydrogen) atoms. The summed E-state index contributed by atoms with van der Waals surface area (Å²) in [5.41, 5.74) is 17.9. The molecule has 8 nitrogen and oxygen atoms in total. The molecule has 6 rings (SSSR count). The van der Waals surface area contributed by atoms with E-state index in [-0.39, 0.29) is 22.3 Å². The number of benzene rings is 4. The highest BCUT2D eigenvalue weighted by atomic mass is 35.5. The van der Waals surface area contributed by atoms with Gasteiger partial charge in [0.1, 0.15) is 24.7 Å². The highest BCUT2D eigenvalue weighted by molar-refractivity contribution is 7.80. The zero-order valence-corrected chi connectivity index (χ0v) is 27.7. The number of nitrogens with zero attached hydrogens (tertiary/aromatic N) is 4. The Morgan fingerprint density at radius 1 is 0.609 bits per heavy atom. The van der Waals surface area contributed by atoms with Crippen LogP contribution in [0, 0.1) is 0 Å². The van der Waals surface area contributed by atoms with Crippen molar-refractivity contribution in [3.05, 3.63) is 129 Å². The minimum absolute atomic E-state index is 0.101. The van der Waals surface area contributed by atoms with Gasteiger partial charge in [-0.15, -0.1) is 0 Å². The third-order valence-corrected chi connectivity index (χ3v) is 8.66. The molecule has 0 saturated heterocycles. The molecule has 0 spiro atoms. The molecule has 0 aliphatic carbocycles. The summed E-state index contributed by atoms with van der Waals surface area (Å²) in [5, 5.41) is 14.5. The molecule has 234 valence electrons. The molecular formula is C34H30Cl2N6O2S2. The Morgan fingerprint density at radius 2 is 0.957 bits per heavy atom. The van der Waals surface area contributed by atoms with Gasteiger partial charge in [-0.25, -0.2) is 10.0 Å². The highest BCUT2D eigenvalue weighted by Crippen LogP contribution is 2.35. The summed E-state index contributed by atoms with van der Waals surface area (Å²) in [6.07, 6.45) is 1.33. The van der Waals surface area contributed by atoms with Crippen LogP contribution in [0.4, 0.5) is 0 Å². The van der Waals surface area contributed by atoms with Gasteiger partial charge in [-0.1, -0.05) is 71.7 Å². The van der Waals surface area contributed by atoms with Gasteiger partial charge in [0.25, 0.3) is 0 Å². The third kappa shape index (κ3) is 7.26. The molecular weight excluding hydrogens is 659 g/mol. The van der Waals surface area contributed by atoms with E-state index in [9.17, 15) is 0 Å². The van der Waals surface area contributed by atoms with Crippen LogP contribution >= 0.6 is 47.6 Å². The molecule has 0 aromatic heterocycles. The molecule has 2 aliphatic rings. The fourth-order valence-electron chi connectivity index (χ4n) is 5.47.